The van der Waals surface area contributed by atoms with Crippen LogP contribution in [0.5, 0.6) is 0 Å². The monoisotopic (exact) mass is 382 g/mol. The van der Waals surface area contributed by atoms with Gasteiger partial charge in [-0.25, -0.2) is 4.98 Å². The fourth-order valence-corrected chi connectivity index (χ4v) is 2.80. The number of halogens is 1. The maximum absolute atomic E-state index is 12.1. The van der Waals surface area contributed by atoms with E-state index in [2.05, 4.69) is 40.4 Å². The molecule has 0 bridgehead atoms. The van der Waals surface area contributed by atoms with Crippen molar-refractivity contribution in [2.24, 2.45) is 0 Å². The Morgan fingerprint density at radius 2 is 2.19 bits per heavy atom. The van der Waals surface area contributed by atoms with Crippen LogP contribution in [-0.4, -0.2) is 25.5 Å². The van der Waals surface area contributed by atoms with Crippen molar-refractivity contribution in [3.8, 4) is 0 Å². The normalized spacial score (nSPS) is 11.1. The molecule has 2 heterocycles. The minimum Gasteiger partial charge on any atom is -0.390 e. The Bertz CT molecular complexity index is 982. The van der Waals surface area contributed by atoms with Crippen LogP contribution in [0.2, 0.25) is 5.02 Å². The molecular formula is C20H19ClN4O2. The van der Waals surface area contributed by atoms with Crippen molar-refractivity contribution >= 4 is 29.4 Å². The van der Waals surface area contributed by atoms with E-state index in [0.717, 1.165) is 0 Å². The van der Waals surface area contributed by atoms with Crippen molar-refractivity contribution in [1.29, 1.82) is 0 Å². The van der Waals surface area contributed by atoms with Crippen molar-refractivity contribution in [3.63, 3.8) is 0 Å². The summed E-state index contributed by atoms with van der Waals surface area (Å²) < 4.78 is 1.91. The van der Waals surface area contributed by atoms with Gasteiger partial charge in [0.25, 0.3) is 0 Å². The summed E-state index contributed by atoms with van der Waals surface area (Å²) in [6, 6.07) is 9.87. The number of aliphatic hydroxyl groups is 1. The molecule has 1 amide bonds. The number of carbonyl (C=O) groups excluding carboxylic acids is 1. The van der Waals surface area contributed by atoms with Gasteiger partial charge in [-0.15, -0.1) is 0 Å². The van der Waals surface area contributed by atoms with Crippen LogP contribution in [-0.2, 0) is 17.9 Å². The van der Waals surface area contributed by atoms with E-state index >= 15 is 0 Å². The highest BCUT2D eigenvalue weighted by molar-refractivity contribution is 6.31. The molecule has 6 nitrogen and oxygen atoms in total. The van der Waals surface area contributed by atoms with Crippen molar-refractivity contribution in [2.45, 2.75) is 20.1 Å². The van der Waals surface area contributed by atoms with E-state index in [1.807, 2.05) is 10.6 Å². The highest BCUT2D eigenvalue weighted by Gasteiger charge is 2.04. The lowest BCUT2D eigenvalue weighted by molar-refractivity contribution is -0.111. The number of amides is 1. The Balaban J connectivity index is 1.59. The Kier molecular flexibility index (Phi) is 6.01. The van der Waals surface area contributed by atoms with Crippen LogP contribution in [0.4, 0.5) is 5.82 Å². The van der Waals surface area contributed by atoms with E-state index in [4.69, 9.17) is 16.7 Å². The number of hydrogen-bond acceptors (Lipinski definition) is 4. The first kappa shape index (κ1) is 18.8. The van der Waals surface area contributed by atoms with Crippen LogP contribution in [0.15, 0.2) is 55.1 Å². The molecule has 27 heavy (non-hydrogen) atoms. The molecule has 7 heteroatoms. The number of carbonyl (C=O) groups is 1. The predicted octanol–water partition coefficient (Wildman–Crippen LogP) is 3.43. The van der Waals surface area contributed by atoms with Gasteiger partial charge in [-0.2, -0.15) is 0 Å². The number of aromatic nitrogens is 3. The van der Waals surface area contributed by atoms with Crippen molar-refractivity contribution in [3.05, 3.63) is 82.5 Å². The number of nitrogens with zero attached hydrogens (tertiary/aromatic N) is 3. The highest BCUT2D eigenvalue weighted by atomic mass is 35.5. The third-order valence-electron chi connectivity index (χ3n) is 3.85. The summed E-state index contributed by atoms with van der Waals surface area (Å²) in [6.45, 7) is 2.51. The molecule has 2 aromatic heterocycles. The fraction of sp³-hybridized carbons (Fsp3) is 0.150. The number of hydrogen-bond donors (Lipinski definition) is 2. The third-order valence-corrected chi connectivity index (χ3v) is 4.17. The zero-order chi connectivity index (χ0) is 19.2. The predicted molar refractivity (Wildman–Crippen MR) is 105 cm³/mol. The van der Waals surface area contributed by atoms with Crippen molar-refractivity contribution in [1.82, 2.24) is 14.5 Å². The molecule has 138 valence electrons. The second-order valence-corrected chi connectivity index (χ2v) is 6.51. The molecule has 0 aliphatic rings. The van der Waals surface area contributed by atoms with Gasteiger partial charge in [-0.05, 0) is 30.2 Å². The SMILES string of the molecule is Cc1cccc(Cn2cnc(NC(=O)/C=C/c3cnc(CO)c(Cl)c3)c2)c1. The summed E-state index contributed by atoms with van der Waals surface area (Å²) in [5, 5.41) is 12.1. The Hall–Kier alpha value is -2.96. The molecule has 0 radical (unpaired) electrons. The number of nitrogens with one attached hydrogen (secondary N) is 1. The molecule has 0 spiro atoms. The van der Waals surface area contributed by atoms with Crippen LogP contribution < -0.4 is 5.32 Å². The number of imidazole rings is 1. The Labute approximate surface area is 162 Å². The smallest absolute Gasteiger partial charge is 0.249 e. The van der Waals surface area contributed by atoms with E-state index in [1.54, 1.807) is 24.7 Å². The quantitative estimate of drug-likeness (QED) is 0.640. The summed E-state index contributed by atoms with van der Waals surface area (Å²) in [6.07, 6.45) is 7.98. The summed E-state index contributed by atoms with van der Waals surface area (Å²) in [7, 11) is 0. The van der Waals surface area contributed by atoms with Gasteiger partial charge in [-0.3, -0.25) is 9.78 Å². The first-order chi connectivity index (χ1) is 13.0. The zero-order valence-corrected chi connectivity index (χ0v) is 15.5. The van der Waals surface area contributed by atoms with Gasteiger partial charge in [0, 0.05) is 25.0 Å². The van der Waals surface area contributed by atoms with E-state index in [1.165, 1.54) is 23.4 Å². The molecule has 3 rings (SSSR count). The van der Waals surface area contributed by atoms with E-state index < -0.39 is 0 Å². The number of anilines is 1. The number of aryl methyl sites for hydroxylation is 1. The second-order valence-electron chi connectivity index (χ2n) is 6.10. The molecule has 0 unspecified atom stereocenters. The average Bonchev–Trinajstić information content (AvgIpc) is 3.07. The zero-order valence-electron chi connectivity index (χ0n) is 14.8. The van der Waals surface area contributed by atoms with Crippen LogP contribution in [0, 0.1) is 6.92 Å². The minimum atomic E-state index is -0.307. The molecule has 0 aliphatic carbocycles. The van der Waals surface area contributed by atoms with Gasteiger partial charge in [0.1, 0.15) is 0 Å². The molecule has 2 N–H and O–H groups in total. The maximum atomic E-state index is 12.1. The van der Waals surface area contributed by atoms with Crippen molar-refractivity contribution < 1.29 is 9.90 Å². The van der Waals surface area contributed by atoms with Gasteiger partial charge in [0.15, 0.2) is 5.82 Å². The van der Waals surface area contributed by atoms with Gasteiger partial charge in [0.2, 0.25) is 5.91 Å². The van der Waals surface area contributed by atoms with E-state index in [-0.39, 0.29) is 12.5 Å². The van der Waals surface area contributed by atoms with Gasteiger partial charge in [-0.1, -0.05) is 41.4 Å². The fourth-order valence-electron chi connectivity index (χ4n) is 2.56. The lowest BCUT2D eigenvalue weighted by Gasteiger charge is -2.03. The van der Waals surface area contributed by atoms with Gasteiger partial charge >= 0.3 is 0 Å². The maximum Gasteiger partial charge on any atom is 0.249 e. The average molecular weight is 383 g/mol. The van der Waals surface area contributed by atoms with Crippen LogP contribution in [0.1, 0.15) is 22.4 Å². The summed E-state index contributed by atoms with van der Waals surface area (Å²) >= 11 is 5.98. The number of aliphatic hydroxyl groups excluding tert-OH is 1. The van der Waals surface area contributed by atoms with E-state index in [0.29, 0.717) is 28.6 Å². The van der Waals surface area contributed by atoms with Gasteiger partial charge in [0.05, 0.1) is 23.7 Å². The first-order valence-corrected chi connectivity index (χ1v) is 8.73. The van der Waals surface area contributed by atoms with E-state index in [9.17, 15) is 4.79 Å². The highest BCUT2D eigenvalue weighted by Crippen LogP contribution is 2.16. The second kappa shape index (κ2) is 8.62. The molecular weight excluding hydrogens is 364 g/mol. The van der Waals surface area contributed by atoms with Gasteiger partial charge < -0.3 is 15.0 Å². The van der Waals surface area contributed by atoms with Crippen LogP contribution in [0.25, 0.3) is 6.08 Å². The summed E-state index contributed by atoms with van der Waals surface area (Å²) in [5.41, 5.74) is 3.43. The first-order valence-electron chi connectivity index (χ1n) is 8.35. The summed E-state index contributed by atoms with van der Waals surface area (Å²) in [5.74, 6) is 0.169. The molecule has 0 aliphatic heterocycles. The molecule has 0 saturated heterocycles. The molecule has 1 aromatic carbocycles. The Morgan fingerprint density at radius 3 is 2.93 bits per heavy atom. The molecule has 0 atom stereocenters. The summed E-state index contributed by atoms with van der Waals surface area (Å²) in [4.78, 5) is 20.3. The standard InChI is InChI=1S/C20H19ClN4O2/c1-14-3-2-4-16(7-14)10-25-11-19(23-13-25)24-20(27)6-5-15-8-17(21)18(12-26)22-9-15/h2-9,11,13,26H,10,12H2,1H3,(H,24,27)/b6-5+. The minimum absolute atomic E-state index is 0.228. The number of rotatable bonds is 6. The van der Waals surface area contributed by atoms with Crippen LogP contribution >= 0.6 is 11.6 Å². The van der Waals surface area contributed by atoms with Crippen molar-refractivity contribution in [2.75, 3.05) is 5.32 Å². The lowest BCUT2D eigenvalue weighted by Crippen LogP contribution is -2.08. The lowest BCUT2D eigenvalue weighted by atomic mass is 10.1. The number of benzene rings is 1. The largest absolute Gasteiger partial charge is 0.390 e. The van der Waals surface area contributed by atoms with Crippen LogP contribution in [0.3, 0.4) is 0 Å². The molecule has 0 fully saturated rings. The Morgan fingerprint density at radius 1 is 1.33 bits per heavy atom. The third kappa shape index (κ3) is 5.26. The topological polar surface area (TPSA) is 80.0 Å². The molecule has 0 saturated carbocycles. The number of pyridine rings is 1. The molecule has 3 aromatic rings.